The fraction of sp³-hybridized carbons (Fsp3) is 0.279. The Morgan fingerprint density at radius 3 is 1.52 bits per heavy atom. The van der Waals surface area contributed by atoms with Crippen LogP contribution in [-0.4, -0.2) is 84.5 Å². The lowest BCUT2D eigenvalue weighted by Gasteiger charge is -2.11. The van der Waals surface area contributed by atoms with Gasteiger partial charge in [0.1, 0.15) is 47.6 Å². The van der Waals surface area contributed by atoms with E-state index in [-0.39, 0.29) is 0 Å². The fourth-order valence-electron chi connectivity index (χ4n) is 5.61. The first-order valence-corrected chi connectivity index (χ1v) is 18.0. The quantitative estimate of drug-likeness (QED) is 0.183. The molecule has 2 heterocycles. The summed E-state index contributed by atoms with van der Waals surface area (Å²) >= 11 is 0. The minimum atomic E-state index is 0.382. The fourth-order valence-corrected chi connectivity index (χ4v) is 5.61. The van der Waals surface area contributed by atoms with Crippen LogP contribution in [0.25, 0.3) is 11.1 Å². The zero-order chi connectivity index (χ0) is 37.2. The molecule has 1 aromatic heterocycles. The van der Waals surface area contributed by atoms with E-state index < -0.39 is 0 Å². The van der Waals surface area contributed by atoms with Crippen LogP contribution in [0.3, 0.4) is 0 Å². The number of pyridine rings is 1. The molecule has 11 heteroatoms. The molecule has 5 aromatic rings. The number of methoxy groups -OCH3 is 2. The topological polar surface area (TPSA) is 114 Å². The van der Waals surface area contributed by atoms with Gasteiger partial charge >= 0.3 is 0 Å². The molecule has 4 aromatic carbocycles. The van der Waals surface area contributed by atoms with Crippen molar-refractivity contribution in [3.8, 4) is 34.1 Å². The number of aromatic nitrogens is 1. The molecule has 2 bridgehead atoms. The Kier molecular flexibility index (Phi) is 14.5. The van der Waals surface area contributed by atoms with Gasteiger partial charge in [0.05, 0.1) is 77.7 Å². The summed E-state index contributed by atoms with van der Waals surface area (Å²) < 4.78 is 39.8. The average Bonchev–Trinajstić information content (AvgIpc) is 3.21. The van der Waals surface area contributed by atoms with Crippen molar-refractivity contribution in [3.05, 3.63) is 126 Å². The maximum Gasteiger partial charge on any atom is 0.145 e. The van der Waals surface area contributed by atoms with Gasteiger partial charge in [-0.2, -0.15) is 0 Å². The monoisotopic (exact) mass is 730 g/mol. The lowest BCUT2D eigenvalue weighted by molar-refractivity contribution is 0.00504. The van der Waals surface area contributed by atoms with Crippen molar-refractivity contribution in [3.63, 3.8) is 0 Å². The maximum atomic E-state index is 6.02. The molecule has 0 saturated heterocycles. The molecule has 0 aliphatic carbocycles. The van der Waals surface area contributed by atoms with Crippen LogP contribution in [-0.2, 0) is 27.3 Å². The van der Waals surface area contributed by atoms with E-state index in [2.05, 4.69) is 29.6 Å². The van der Waals surface area contributed by atoms with Gasteiger partial charge in [0, 0.05) is 19.2 Å². The predicted molar refractivity (Wildman–Crippen MR) is 211 cm³/mol. The lowest BCUT2D eigenvalue weighted by Crippen LogP contribution is -2.14. The predicted octanol–water partition coefficient (Wildman–Crippen LogP) is 7.38. The number of hydrogen-bond acceptors (Lipinski definition) is 11. The minimum Gasteiger partial charge on any atom is -0.497 e. The number of nitrogens with zero attached hydrogens (tertiary/aromatic N) is 3. The van der Waals surface area contributed by atoms with E-state index in [0.717, 1.165) is 33.8 Å². The number of nitrogens with one attached hydrogen (secondary N) is 1. The van der Waals surface area contributed by atoms with E-state index in [9.17, 15) is 0 Å². The summed E-state index contributed by atoms with van der Waals surface area (Å²) in [7, 11) is 3.31. The molecular formula is C43H46N4O7. The van der Waals surface area contributed by atoms with Gasteiger partial charge < -0.3 is 38.5 Å². The molecule has 0 fully saturated rings. The summed E-state index contributed by atoms with van der Waals surface area (Å²) in [5.74, 6) is 2.84. The van der Waals surface area contributed by atoms with Gasteiger partial charge in [-0.15, -0.1) is 0 Å². The number of para-hydroxylation sites is 4. The Bertz CT molecular complexity index is 1880. The molecule has 0 unspecified atom stereocenters. The van der Waals surface area contributed by atoms with E-state index in [1.165, 1.54) is 0 Å². The second-order valence-electron chi connectivity index (χ2n) is 12.2. The van der Waals surface area contributed by atoms with E-state index >= 15 is 0 Å². The normalized spacial score (nSPS) is 14.4. The van der Waals surface area contributed by atoms with Crippen molar-refractivity contribution in [2.75, 3.05) is 67.1 Å². The van der Waals surface area contributed by atoms with Crippen molar-refractivity contribution in [2.45, 2.75) is 13.1 Å². The highest BCUT2D eigenvalue weighted by Gasteiger charge is 2.08. The molecule has 0 saturated carbocycles. The maximum absolute atomic E-state index is 6.02. The number of hydrogen-bond donors (Lipinski definition) is 1. The number of ether oxygens (including phenoxy) is 7. The second-order valence-corrected chi connectivity index (χ2v) is 12.2. The van der Waals surface area contributed by atoms with Crippen LogP contribution < -0.4 is 24.3 Å². The second kappa shape index (κ2) is 20.6. The Morgan fingerprint density at radius 1 is 0.519 bits per heavy atom. The van der Waals surface area contributed by atoms with Gasteiger partial charge in [-0.1, -0.05) is 48.5 Å². The average molecular weight is 731 g/mol. The summed E-state index contributed by atoms with van der Waals surface area (Å²) in [5, 5.41) is 3.52. The van der Waals surface area contributed by atoms with Gasteiger partial charge in [0.25, 0.3) is 0 Å². The molecule has 1 aliphatic rings. The zero-order valence-corrected chi connectivity index (χ0v) is 30.7. The Hall–Kier alpha value is -5.59. The number of fused-ring (bicyclic) bond motifs is 4. The number of rotatable bonds is 7. The van der Waals surface area contributed by atoms with E-state index in [4.69, 9.17) is 48.1 Å². The third-order valence-electron chi connectivity index (χ3n) is 8.34. The summed E-state index contributed by atoms with van der Waals surface area (Å²) in [6, 6.07) is 33.7. The van der Waals surface area contributed by atoms with Crippen LogP contribution in [0.2, 0.25) is 0 Å². The SMILES string of the molecule is COc1cc(CNCc2ccc(-c3cc4nc(c3)C=Nc3ccccc3OCCOCCOCCOCCOc3ccccc3N=C4)cc2)cc(OC)c1. The Balaban J connectivity index is 1.24. The van der Waals surface area contributed by atoms with Crippen molar-refractivity contribution in [1.82, 2.24) is 10.3 Å². The standard InChI is InChI=1S/C43H46N4O7/c1-48-38-23-33(24-39(27-38)49-2)29-44-28-32-11-13-34(14-12-32)35-25-36-30-45-40-7-3-5-9-42(40)53-21-19-51-17-15-50-16-18-52-20-22-54-43-10-6-4-8-41(43)46-31-37(26-35)47-36/h3-14,23-27,30-31,44H,15-22,28-29H2,1-2H3. The smallest absolute Gasteiger partial charge is 0.145 e. The molecule has 1 N–H and O–H groups in total. The van der Waals surface area contributed by atoms with Gasteiger partial charge in [-0.05, 0) is 70.8 Å². The van der Waals surface area contributed by atoms with Gasteiger partial charge in [-0.3, -0.25) is 9.98 Å². The van der Waals surface area contributed by atoms with Crippen LogP contribution in [0.15, 0.2) is 113 Å². The first kappa shape index (κ1) is 38.1. The molecule has 280 valence electrons. The molecule has 11 nitrogen and oxygen atoms in total. The molecule has 6 rings (SSSR count). The van der Waals surface area contributed by atoms with Gasteiger partial charge in [0.2, 0.25) is 0 Å². The van der Waals surface area contributed by atoms with Gasteiger partial charge in [-0.25, -0.2) is 4.98 Å². The van der Waals surface area contributed by atoms with Crippen LogP contribution >= 0.6 is 0 Å². The lowest BCUT2D eigenvalue weighted by atomic mass is 10.0. The van der Waals surface area contributed by atoms with Crippen molar-refractivity contribution in [1.29, 1.82) is 0 Å². The molecule has 1 aliphatic heterocycles. The molecule has 0 amide bonds. The summed E-state index contributed by atoms with van der Waals surface area (Å²) in [6.07, 6.45) is 3.50. The molecular weight excluding hydrogens is 684 g/mol. The van der Waals surface area contributed by atoms with E-state index in [0.29, 0.717) is 100 Å². The highest BCUT2D eigenvalue weighted by molar-refractivity contribution is 5.88. The summed E-state index contributed by atoms with van der Waals surface area (Å²) in [6.45, 7) is 4.86. The van der Waals surface area contributed by atoms with E-state index in [1.54, 1.807) is 26.6 Å². The molecule has 0 atom stereocenters. The number of aliphatic imine (C=N–C) groups is 2. The largest absolute Gasteiger partial charge is 0.497 e. The number of benzene rings is 4. The van der Waals surface area contributed by atoms with E-state index in [1.807, 2.05) is 78.9 Å². The van der Waals surface area contributed by atoms with Crippen LogP contribution in [0.4, 0.5) is 11.4 Å². The Morgan fingerprint density at radius 2 is 1.00 bits per heavy atom. The third kappa shape index (κ3) is 11.7. The third-order valence-corrected chi connectivity index (χ3v) is 8.34. The van der Waals surface area contributed by atoms with Gasteiger partial charge in [0.15, 0.2) is 0 Å². The summed E-state index contributed by atoms with van der Waals surface area (Å²) in [4.78, 5) is 14.5. The van der Waals surface area contributed by atoms with Crippen LogP contribution in [0.1, 0.15) is 22.5 Å². The molecule has 54 heavy (non-hydrogen) atoms. The minimum absolute atomic E-state index is 0.382. The van der Waals surface area contributed by atoms with Crippen molar-refractivity contribution >= 4 is 23.8 Å². The summed E-state index contributed by atoms with van der Waals surface area (Å²) in [5.41, 5.74) is 6.96. The van der Waals surface area contributed by atoms with Crippen molar-refractivity contribution < 1.29 is 33.2 Å². The Labute approximate surface area is 316 Å². The highest BCUT2D eigenvalue weighted by Crippen LogP contribution is 2.29. The first-order valence-electron chi connectivity index (χ1n) is 18.0. The highest BCUT2D eigenvalue weighted by atomic mass is 16.6. The molecule has 0 radical (unpaired) electrons. The van der Waals surface area contributed by atoms with Crippen LogP contribution in [0, 0.1) is 0 Å². The first-order chi connectivity index (χ1) is 26.7. The molecule has 0 spiro atoms. The van der Waals surface area contributed by atoms with Crippen LogP contribution in [0.5, 0.6) is 23.0 Å². The van der Waals surface area contributed by atoms with Crippen molar-refractivity contribution in [2.24, 2.45) is 9.98 Å². The zero-order valence-electron chi connectivity index (χ0n) is 30.7.